The summed E-state index contributed by atoms with van der Waals surface area (Å²) in [5.41, 5.74) is 4.27. The quantitative estimate of drug-likeness (QED) is 0.140. The Bertz CT molecular complexity index is 1780. The Balaban J connectivity index is 0.000000184. The van der Waals surface area contributed by atoms with Crippen molar-refractivity contribution >= 4 is 96.2 Å². The third-order valence-electron chi connectivity index (χ3n) is 6.24. The molecule has 3 aromatic carbocycles. The zero-order valence-corrected chi connectivity index (χ0v) is 25.5. The molecule has 40 heavy (non-hydrogen) atoms. The maximum Gasteiger partial charge on any atom is 0.262 e. The van der Waals surface area contributed by atoms with Crippen molar-refractivity contribution in [3.63, 3.8) is 0 Å². The van der Waals surface area contributed by atoms with Gasteiger partial charge < -0.3 is 0 Å². The van der Waals surface area contributed by atoms with E-state index >= 15 is 0 Å². The fourth-order valence-electron chi connectivity index (χ4n) is 4.27. The van der Waals surface area contributed by atoms with Gasteiger partial charge in [0.05, 0.1) is 48.8 Å². The van der Waals surface area contributed by atoms with Crippen LogP contribution in [0.15, 0.2) is 60.7 Å². The van der Waals surface area contributed by atoms with Crippen LogP contribution < -0.4 is 0 Å². The Morgan fingerprint density at radius 3 is 1.57 bits per heavy atom. The number of imide groups is 1. The van der Waals surface area contributed by atoms with Crippen LogP contribution in [0.3, 0.4) is 0 Å². The average Bonchev–Trinajstić information content (AvgIpc) is 3.18. The lowest BCUT2D eigenvalue weighted by molar-refractivity contribution is 0.0592. The number of alkyl halides is 1. The van der Waals surface area contributed by atoms with Gasteiger partial charge >= 0.3 is 0 Å². The molecule has 0 spiro atoms. The third kappa shape index (κ3) is 5.27. The van der Waals surface area contributed by atoms with Gasteiger partial charge in [-0.1, -0.05) is 86.6 Å². The maximum absolute atomic E-state index is 12.6. The largest absolute Gasteiger partial charge is 0.269 e. The van der Waals surface area contributed by atoms with Gasteiger partial charge in [0, 0.05) is 0 Å². The zero-order chi connectivity index (χ0) is 28.7. The Morgan fingerprint density at radius 1 is 0.650 bits per heavy atom. The molecular weight excluding hydrogens is 660 g/mol. The number of aromatic nitrogens is 4. The molecule has 5 aromatic rings. The van der Waals surface area contributed by atoms with Crippen molar-refractivity contribution in [2.45, 2.75) is 24.7 Å². The van der Waals surface area contributed by atoms with E-state index in [0.29, 0.717) is 48.6 Å². The molecule has 12 heteroatoms. The van der Waals surface area contributed by atoms with E-state index in [0.717, 1.165) is 16.1 Å². The number of carbonyl (C=O) groups excluding carboxylic acids is 2. The van der Waals surface area contributed by atoms with Crippen molar-refractivity contribution in [2.24, 2.45) is 0 Å². The summed E-state index contributed by atoms with van der Waals surface area (Å²) in [6, 6.07) is 16.7. The maximum atomic E-state index is 12.6. The molecule has 0 saturated heterocycles. The van der Waals surface area contributed by atoms with E-state index in [1.807, 2.05) is 19.1 Å². The number of benzene rings is 3. The third-order valence-corrected chi connectivity index (χ3v) is 7.84. The number of hydrogen-bond acceptors (Lipinski definition) is 6. The number of rotatable bonds is 3. The van der Waals surface area contributed by atoms with Crippen molar-refractivity contribution in [3.8, 4) is 0 Å². The van der Waals surface area contributed by atoms with Crippen LogP contribution in [0.5, 0.6) is 0 Å². The molecule has 0 fully saturated rings. The first-order valence-corrected chi connectivity index (χ1v) is 14.4. The summed E-state index contributed by atoms with van der Waals surface area (Å²) in [4.78, 5) is 43.9. The molecule has 0 radical (unpaired) electrons. The second-order valence-electron chi connectivity index (χ2n) is 8.83. The van der Waals surface area contributed by atoms with E-state index in [2.05, 4.69) is 35.9 Å². The van der Waals surface area contributed by atoms with Crippen LogP contribution in [0.25, 0.3) is 22.1 Å². The molecule has 0 saturated carbocycles. The summed E-state index contributed by atoms with van der Waals surface area (Å²) in [6.45, 7) is 3.65. The van der Waals surface area contributed by atoms with Gasteiger partial charge in [-0.25, -0.2) is 19.9 Å². The summed E-state index contributed by atoms with van der Waals surface area (Å²) in [5.74, 6) is -0.727. The standard InChI is InChI=1S/C18H11Cl2N3O2.C10H7BrCl2N2/c1-9(23-17(24)10-5-2-3-6-11(10)18(23)25)14-16(20)22-15-12(19)7-4-8-13(15)21-14;1-5(11)8-10(13)15-9-6(12)3-2-4-7(9)14-8/h2-9H,1H3;2-5H,1H3. The Hall–Kier alpha value is -2.88. The first kappa shape index (κ1) is 28.6. The van der Waals surface area contributed by atoms with Gasteiger partial charge in [-0.05, 0) is 50.2 Å². The lowest BCUT2D eigenvalue weighted by Crippen LogP contribution is -2.33. The van der Waals surface area contributed by atoms with Gasteiger partial charge in [0.2, 0.25) is 0 Å². The number of para-hydroxylation sites is 2. The molecule has 0 bridgehead atoms. The number of amides is 2. The highest BCUT2D eigenvalue weighted by molar-refractivity contribution is 9.09. The lowest BCUT2D eigenvalue weighted by Gasteiger charge is -2.22. The topological polar surface area (TPSA) is 88.9 Å². The number of nitrogens with zero attached hydrogens (tertiary/aromatic N) is 5. The molecule has 2 unspecified atom stereocenters. The lowest BCUT2D eigenvalue weighted by atomic mass is 10.1. The van der Waals surface area contributed by atoms with E-state index in [-0.39, 0.29) is 21.8 Å². The highest BCUT2D eigenvalue weighted by atomic mass is 79.9. The molecule has 1 aliphatic rings. The van der Waals surface area contributed by atoms with Crippen molar-refractivity contribution in [2.75, 3.05) is 0 Å². The molecule has 0 aliphatic carbocycles. The van der Waals surface area contributed by atoms with Gasteiger partial charge in [0.25, 0.3) is 11.8 Å². The number of hydrogen-bond donors (Lipinski definition) is 0. The fraction of sp³-hybridized carbons (Fsp3) is 0.143. The van der Waals surface area contributed by atoms with Gasteiger partial charge in [-0.2, -0.15) is 0 Å². The molecule has 0 N–H and O–H groups in total. The summed E-state index contributed by atoms with van der Waals surface area (Å²) >= 11 is 27.8. The summed E-state index contributed by atoms with van der Waals surface area (Å²) in [7, 11) is 0. The van der Waals surface area contributed by atoms with Gasteiger partial charge in [-0.3, -0.25) is 14.5 Å². The average molecular weight is 678 g/mol. The minimum Gasteiger partial charge on any atom is -0.269 e. The van der Waals surface area contributed by atoms with Crippen LogP contribution in [0.4, 0.5) is 0 Å². The molecular formula is C28H18BrCl4N5O2. The van der Waals surface area contributed by atoms with E-state index in [1.54, 1.807) is 55.5 Å². The van der Waals surface area contributed by atoms with Crippen LogP contribution in [0, 0.1) is 0 Å². The van der Waals surface area contributed by atoms with Crippen LogP contribution in [-0.4, -0.2) is 36.7 Å². The second-order valence-corrected chi connectivity index (χ2v) is 11.7. The Morgan fingerprint density at radius 2 is 1.10 bits per heavy atom. The molecule has 7 nitrogen and oxygen atoms in total. The van der Waals surface area contributed by atoms with Crippen LogP contribution >= 0.6 is 62.3 Å². The highest BCUT2D eigenvalue weighted by Crippen LogP contribution is 2.34. The normalized spacial score (nSPS) is 14.2. The molecule has 3 heterocycles. The number of halogens is 5. The van der Waals surface area contributed by atoms with E-state index < -0.39 is 6.04 Å². The van der Waals surface area contributed by atoms with Crippen molar-refractivity contribution in [3.05, 3.63) is 104 Å². The van der Waals surface area contributed by atoms with Gasteiger partial charge in [0.1, 0.15) is 16.7 Å². The van der Waals surface area contributed by atoms with E-state index in [9.17, 15) is 9.59 Å². The summed E-state index contributed by atoms with van der Waals surface area (Å²) in [6.07, 6.45) is 0. The first-order chi connectivity index (χ1) is 19.1. The molecule has 202 valence electrons. The number of fused-ring (bicyclic) bond motifs is 3. The van der Waals surface area contributed by atoms with Gasteiger partial charge in [0.15, 0.2) is 10.3 Å². The second kappa shape index (κ2) is 11.5. The molecule has 2 aromatic heterocycles. The van der Waals surface area contributed by atoms with Gasteiger partial charge in [-0.15, -0.1) is 0 Å². The molecule has 6 rings (SSSR count). The molecule has 2 amide bonds. The zero-order valence-electron chi connectivity index (χ0n) is 20.9. The van der Waals surface area contributed by atoms with Crippen molar-refractivity contribution in [1.82, 2.24) is 24.8 Å². The molecule has 2 atom stereocenters. The van der Waals surface area contributed by atoms with E-state index in [1.165, 1.54) is 0 Å². The highest BCUT2D eigenvalue weighted by Gasteiger charge is 2.40. The minimum absolute atomic E-state index is 0.0703. The summed E-state index contributed by atoms with van der Waals surface area (Å²) in [5, 5.41) is 1.51. The molecule has 1 aliphatic heterocycles. The Labute approximate surface area is 257 Å². The predicted octanol–water partition coefficient (Wildman–Crippen LogP) is 8.69. The Kier molecular flexibility index (Phi) is 8.27. The smallest absolute Gasteiger partial charge is 0.262 e. The van der Waals surface area contributed by atoms with Crippen molar-refractivity contribution in [1.29, 1.82) is 0 Å². The van der Waals surface area contributed by atoms with Crippen LogP contribution in [0.1, 0.15) is 56.8 Å². The summed E-state index contributed by atoms with van der Waals surface area (Å²) < 4.78 is 0. The minimum atomic E-state index is -0.657. The van der Waals surface area contributed by atoms with E-state index in [4.69, 9.17) is 46.4 Å². The predicted molar refractivity (Wildman–Crippen MR) is 162 cm³/mol. The van der Waals surface area contributed by atoms with Crippen molar-refractivity contribution < 1.29 is 9.59 Å². The number of carbonyl (C=O) groups is 2. The first-order valence-electron chi connectivity index (χ1n) is 11.9. The monoisotopic (exact) mass is 675 g/mol. The fourth-order valence-corrected chi connectivity index (χ4v) is 5.72. The SMILES string of the molecule is CC(Br)c1nc2cccc(Cl)c2nc1Cl.CC(c1nc2cccc(Cl)c2nc1Cl)N1C(=O)c2ccccc2C1=O. The van der Waals surface area contributed by atoms with Crippen LogP contribution in [-0.2, 0) is 0 Å². The van der Waals surface area contributed by atoms with Crippen LogP contribution in [0.2, 0.25) is 20.4 Å².